The summed E-state index contributed by atoms with van der Waals surface area (Å²) in [6.07, 6.45) is 5.67. The van der Waals surface area contributed by atoms with Gasteiger partial charge in [-0.3, -0.25) is 4.98 Å². The van der Waals surface area contributed by atoms with E-state index in [9.17, 15) is 0 Å². The van der Waals surface area contributed by atoms with E-state index in [1.165, 1.54) is 0 Å². The molecule has 0 atom stereocenters. The summed E-state index contributed by atoms with van der Waals surface area (Å²) in [6.45, 7) is 0. The summed E-state index contributed by atoms with van der Waals surface area (Å²) < 4.78 is 10.5. The van der Waals surface area contributed by atoms with Crippen LogP contribution in [0.2, 0.25) is 0 Å². The Morgan fingerprint density at radius 3 is 2.46 bits per heavy atom. The maximum Gasteiger partial charge on any atom is 0.227 e. The molecule has 24 heavy (non-hydrogen) atoms. The molecule has 3 aromatic rings. The van der Waals surface area contributed by atoms with Crippen LogP contribution in [0.3, 0.4) is 0 Å². The monoisotopic (exact) mass is 348 g/mol. The lowest BCUT2D eigenvalue weighted by Gasteiger charge is -2.34. The van der Waals surface area contributed by atoms with E-state index in [0.717, 1.165) is 19.3 Å². The molecule has 0 aromatic carbocycles. The highest BCUT2D eigenvalue weighted by Gasteiger charge is 2.38. The molecule has 126 valence electrons. The predicted molar refractivity (Wildman–Crippen MR) is 86.2 cm³/mol. The van der Waals surface area contributed by atoms with Gasteiger partial charge < -0.3 is 14.8 Å². The lowest BCUT2D eigenvalue weighted by atomic mass is 9.77. The SMILES string of the molecule is Cl.NC1(c2noc(CCc3nc(-c4ccccn4)no3)n2)CCC1. The van der Waals surface area contributed by atoms with Gasteiger partial charge in [0.25, 0.3) is 0 Å². The van der Waals surface area contributed by atoms with E-state index < -0.39 is 5.54 Å². The van der Waals surface area contributed by atoms with Crippen molar-refractivity contribution in [2.45, 2.75) is 37.6 Å². The van der Waals surface area contributed by atoms with Crippen molar-refractivity contribution < 1.29 is 9.05 Å². The van der Waals surface area contributed by atoms with Gasteiger partial charge in [-0.1, -0.05) is 16.4 Å². The Kier molecular flexibility index (Phi) is 4.59. The molecule has 0 radical (unpaired) electrons. The normalized spacial score (nSPS) is 15.5. The highest BCUT2D eigenvalue weighted by Crippen LogP contribution is 2.36. The number of rotatable bonds is 5. The van der Waals surface area contributed by atoms with Crippen LogP contribution in [0.1, 0.15) is 36.9 Å². The van der Waals surface area contributed by atoms with Gasteiger partial charge in [0, 0.05) is 19.0 Å². The van der Waals surface area contributed by atoms with Crippen LogP contribution < -0.4 is 5.73 Å². The van der Waals surface area contributed by atoms with Crippen molar-refractivity contribution in [3.8, 4) is 11.5 Å². The van der Waals surface area contributed by atoms with Gasteiger partial charge in [-0.2, -0.15) is 9.97 Å². The Bertz CT molecular complexity index is 799. The molecular formula is C15H17ClN6O2. The van der Waals surface area contributed by atoms with E-state index in [4.69, 9.17) is 14.8 Å². The van der Waals surface area contributed by atoms with Gasteiger partial charge in [0.2, 0.25) is 17.6 Å². The number of nitrogens with two attached hydrogens (primary N) is 1. The molecule has 0 bridgehead atoms. The third-order valence-electron chi connectivity index (χ3n) is 4.07. The van der Waals surface area contributed by atoms with Gasteiger partial charge >= 0.3 is 0 Å². The average Bonchev–Trinajstić information content (AvgIpc) is 3.21. The van der Waals surface area contributed by atoms with E-state index in [0.29, 0.717) is 42.0 Å². The Labute approximate surface area is 144 Å². The van der Waals surface area contributed by atoms with Gasteiger partial charge in [0.05, 0.1) is 5.54 Å². The van der Waals surface area contributed by atoms with Gasteiger partial charge in [-0.25, -0.2) is 0 Å². The van der Waals surface area contributed by atoms with Crippen LogP contribution in [0.25, 0.3) is 11.5 Å². The second-order valence-corrected chi connectivity index (χ2v) is 5.75. The van der Waals surface area contributed by atoms with Gasteiger partial charge in [-0.15, -0.1) is 12.4 Å². The Hall–Kier alpha value is -2.32. The Morgan fingerprint density at radius 2 is 1.79 bits per heavy atom. The largest absolute Gasteiger partial charge is 0.339 e. The zero-order chi connectivity index (χ0) is 15.7. The lowest BCUT2D eigenvalue weighted by Crippen LogP contribution is -2.44. The van der Waals surface area contributed by atoms with Crippen LogP contribution in [0.4, 0.5) is 0 Å². The van der Waals surface area contributed by atoms with Crippen molar-refractivity contribution in [1.29, 1.82) is 0 Å². The summed E-state index contributed by atoms with van der Waals surface area (Å²) in [4.78, 5) is 12.9. The van der Waals surface area contributed by atoms with Crippen molar-refractivity contribution >= 4 is 12.4 Å². The second kappa shape index (κ2) is 6.66. The summed E-state index contributed by atoms with van der Waals surface area (Å²) in [7, 11) is 0. The summed E-state index contributed by atoms with van der Waals surface area (Å²) >= 11 is 0. The zero-order valence-corrected chi connectivity index (χ0v) is 13.7. The van der Waals surface area contributed by atoms with E-state index in [1.54, 1.807) is 6.20 Å². The molecule has 3 heterocycles. The zero-order valence-electron chi connectivity index (χ0n) is 12.9. The van der Waals surface area contributed by atoms with Crippen molar-refractivity contribution in [3.63, 3.8) is 0 Å². The molecule has 4 rings (SSSR count). The Balaban J connectivity index is 0.00000169. The third-order valence-corrected chi connectivity index (χ3v) is 4.07. The number of hydrogen-bond donors (Lipinski definition) is 1. The van der Waals surface area contributed by atoms with E-state index >= 15 is 0 Å². The van der Waals surface area contributed by atoms with Crippen molar-refractivity contribution in [3.05, 3.63) is 42.0 Å². The fourth-order valence-corrected chi connectivity index (χ4v) is 2.51. The standard InChI is InChI=1S/C15H16N6O2.ClH/c16-15(7-3-8-15)14-19-12(23-21-14)6-5-11-18-13(20-22-11)10-4-1-2-9-17-10;/h1-2,4,9H,3,5-8,16H2;1H. The number of hydrogen-bond acceptors (Lipinski definition) is 8. The van der Waals surface area contributed by atoms with Gasteiger partial charge in [-0.05, 0) is 31.4 Å². The highest BCUT2D eigenvalue weighted by molar-refractivity contribution is 5.85. The molecule has 0 amide bonds. The number of pyridine rings is 1. The van der Waals surface area contributed by atoms with Crippen LogP contribution in [0.5, 0.6) is 0 Å². The smallest absolute Gasteiger partial charge is 0.227 e. The van der Waals surface area contributed by atoms with Crippen molar-refractivity contribution in [2.75, 3.05) is 0 Å². The quantitative estimate of drug-likeness (QED) is 0.744. The van der Waals surface area contributed by atoms with Crippen LogP contribution in [-0.2, 0) is 18.4 Å². The van der Waals surface area contributed by atoms with Crippen LogP contribution in [0.15, 0.2) is 33.4 Å². The summed E-state index contributed by atoms with van der Waals surface area (Å²) in [5.74, 6) is 2.12. The molecule has 9 heteroatoms. The number of nitrogens with zero attached hydrogens (tertiary/aromatic N) is 5. The highest BCUT2D eigenvalue weighted by atomic mass is 35.5. The molecule has 0 unspecified atom stereocenters. The molecule has 8 nitrogen and oxygen atoms in total. The van der Waals surface area contributed by atoms with Crippen LogP contribution in [0, 0.1) is 0 Å². The molecule has 1 aliphatic rings. The van der Waals surface area contributed by atoms with E-state index in [-0.39, 0.29) is 12.4 Å². The third kappa shape index (κ3) is 3.15. The molecule has 1 saturated carbocycles. The lowest BCUT2D eigenvalue weighted by molar-refractivity contribution is 0.229. The molecule has 0 saturated heterocycles. The number of aromatic nitrogens is 5. The summed E-state index contributed by atoms with van der Waals surface area (Å²) in [6, 6.07) is 5.55. The Morgan fingerprint density at radius 1 is 1.04 bits per heavy atom. The topological polar surface area (TPSA) is 117 Å². The molecule has 1 aliphatic carbocycles. The van der Waals surface area contributed by atoms with Gasteiger partial charge in [0.15, 0.2) is 5.82 Å². The fraction of sp³-hybridized carbons (Fsp3) is 0.400. The van der Waals surface area contributed by atoms with Gasteiger partial charge in [0.1, 0.15) is 5.69 Å². The fourth-order valence-electron chi connectivity index (χ4n) is 2.51. The van der Waals surface area contributed by atoms with Crippen molar-refractivity contribution in [2.24, 2.45) is 5.73 Å². The van der Waals surface area contributed by atoms with E-state index in [2.05, 4.69) is 25.3 Å². The first kappa shape index (κ1) is 16.5. The molecular weight excluding hydrogens is 332 g/mol. The van der Waals surface area contributed by atoms with Crippen LogP contribution in [-0.4, -0.2) is 25.3 Å². The summed E-state index contributed by atoms with van der Waals surface area (Å²) in [5, 5.41) is 7.92. The molecule has 3 aromatic heterocycles. The minimum atomic E-state index is -0.404. The van der Waals surface area contributed by atoms with E-state index in [1.807, 2.05) is 18.2 Å². The maximum absolute atomic E-state index is 6.18. The first-order valence-electron chi connectivity index (χ1n) is 7.59. The minimum Gasteiger partial charge on any atom is -0.339 e. The number of halogens is 1. The summed E-state index contributed by atoms with van der Waals surface area (Å²) in [5.41, 5.74) is 6.45. The molecule has 0 spiro atoms. The molecule has 2 N–H and O–H groups in total. The molecule has 1 fully saturated rings. The van der Waals surface area contributed by atoms with Crippen LogP contribution >= 0.6 is 12.4 Å². The average molecular weight is 349 g/mol. The second-order valence-electron chi connectivity index (χ2n) is 5.75. The number of aryl methyl sites for hydroxylation is 2. The molecule has 0 aliphatic heterocycles. The maximum atomic E-state index is 6.18. The predicted octanol–water partition coefficient (Wildman–Crippen LogP) is 2.06. The first-order chi connectivity index (χ1) is 11.2. The minimum absolute atomic E-state index is 0. The first-order valence-corrected chi connectivity index (χ1v) is 7.59. The van der Waals surface area contributed by atoms with Crippen molar-refractivity contribution in [1.82, 2.24) is 25.3 Å².